The molecule has 0 amide bonds. The molecule has 0 N–H and O–H groups in total. The summed E-state index contributed by atoms with van der Waals surface area (Å²) in [6, 6.07) is 9.47. The highest BCUT2D eigenvalue weighted by molar-refractivity contribution is 9.08. The van der Waals surface area contributed by atoms with Crippen molar-refractivity contribution in [1.29, 1.82) is 0 Å². The Morgan fingerprint density at radius 3 is 1.41 bits per heavy atom. The van der Waals surface area contributed by atoms with Crippen LogP contribution in [0.2, 0.25) is 0 Å². The van der Waals surface area contributed by atoms with Gasteiger partial charge in [0.1, 0.15) is 0 Å². The number of alkyl halides is 2. The Morgan fingerprint density at radius 1 is 0.773 bits per heavy atom. The van der Waals surface area contributed by atoms with E-state index >= 15 is 0 Å². The molecule has 0 atom stereocenters. The number of halogens is 2. The van der Waals surface area contributed by atoms with Crippen molar-refractivity contribution >= 4 is 43.2 Å². The third-order valence-corrected chi connectivity index (χ3v) is 4.37. The standard InChI is InChI=1S/C14H10Br2N2O4/c15-7-11-9(3-1-5-13(11)17(19)20)10-4-2-6-14(18(21)22)12(10)8-16/h1-6H,7-8H2. The minimum Gasteiger partial charge on any atom is -0.258 e. The molecule has 22 heavy (non-hydrogen) atoms. The zero-order valence-electron chi connectivity index (χ0n) is 11.2. The first-order valence-electron chi connectivity index (χ1n) is 6.16. The molecule has 0 unspecified atom stereocenters. The molecule has 2 rings (SSSR count). The zero-order chi connectivity index (χ0) is 16.3. The third kappa shape index (κ3) is 3.02. The van der Waals surface area contributed by atoms with Gasteiger partial charge in [-0.3, -0.25) is 20.2 Å². The summed E-state index contributed by atoms with van der Waals surface area (Å²) >= 11 is 6.54. The fourth-order valence-electron chi connectivity index (χ4n) is 2.28. The summed E-state index contributed by atoms with van der Waals surface area (Å²) in [5, 5.41) is 22.9. The van der Waals surface area contributed by atoms with Crippen LogP contribution in [-0.2, 0) is 10.7 Å². The summed E-state index contributed by atoms with van der Waals surface area (Å²) in [4.78, 5) is 21.4. The van der Waals surface area contributed by atoms with Crippen LogP contribution in [0.1, 0.15) is 11.1 Å². The van der Waals surface area contributed by atoms with Gasteiger partial charge in [0, 0.05) is 33.9 Å². The lowest BCUT2D eigenvalue weighted by Gasteiger charge is -2.12. The fourth-order valence-corrected chi connectivity index (χ4v) is 3.46. The molecular weight excluding hydrogens is 420 g/mol. The highest BCUT2D eigenvalue weighted by Gasteiger charge is 2.22. The first kappa shape index (κ1) is 16.6. The van der Waals surface area contributed by atoms with Crippen LogP contribution < -0.4 is 0 Å². The quantitative estimate of drug-likeness (QED) is 0.381. The number of benzene rings is 2. The molecule has 0 aliphatic carbocycles. The molecule has 0 spiro atoms. The summed E-state index contributed by atoms with van der Waals surface area (Å²) in [7, 11) is 0. The van der Waals surface area contributed by atoms with E-state index in [9.17, 15) is 20.2 Å². The van der Waals surface area contributed by atoms with Crippen LogP contribution in [0.3, 0.4) is 0 Å². The summed E-state index contributed by atoms with van der Waals surface area (Å²) in [6.07, 6.45) is 0. The molecule has 6 nitrogen and oxygen atoms in total. The second-order valence-corrected chi connectivity index (χ2v) is 5.51. The van der Waals surface area contributed by atoms with Crippen molar-refractivity contribution in [3.05, 3.63) is 67.8 Å². The van der Waals surface area contributed by atoms with Crippen LogP contribution in [0.4, 0.5) is 11.4 Å². The van der Waals surface area contributed by atoms with Gasteiger partial charge in [0.25, 0.3) is 11.4 Å². The van der Waals surface area contributed by atoms with Gasteiger partial charge in [-0.1, -0.05) is 56.1 Å². The van der Waals surface area contributed by atoms with Gasteiger partial charge in [0.15, 0.2) is 0 Å². The zero-order valence-corrected chi connectivity index (χ0v) is 14.3. The Hall–Kier alpha value is -1.80. The molecule has 0 radical (unpaired) electrons. The number of hydrogen-bond acceptors (Lipinski definition) is 4. The van der Waals surface area contributed by atoms with Crippen molar-refractivity contribution < 1.29 is 9.85 Å². The maximum absolute atomic E-state index is 11.2. The molecular formula is C14H10Br2N2O4. The number of nitrogens with zero attached hydrogens (tertiary/aromatic N) is 2. The first-order valence-corrected chi connectivity index (χ1v) is 8.40. The van der Waals surface area contributed by atoms with Crippen molar-refractivity contribution in [2.75, 3.05) is 0 Å². The molecule has 0 aromatic heterocycles. The van der Waals surface area contributed by atoms with E-state index < -0.39 is 9.85 Å². The van der Waals surface area contributed by atoms with E-state index in [0.717, 1.165) is 0 Å². The van der Waals surface area contributed by atoms with Gasteiger partial charge in [0.05, 0.1) is 9.85 Å². The Kier molecular flexibility index (Phi) is 5.25. The summed E-state index contributed by atoms with van der Waals surface area (Å²) in [6.45, 7) is 0. The molecule has 0 fully saturated rings. The Bertz CT molecular complexity index is 686. The third-order valence-electron chi connectivity index (χ3n) is 3.25. The van der Waals surface area contributed by atoms with Gasteiger partial charge < -0.3 is 0 Å². The molecule has 0 bridgehead atoms. The normalized spacial score (nSPS) is 10.5. The predicted molar refractivity (Wildman–Crippen MR) is 90.4 cm³/mol. The lowest BCUT2D eigenvalue weighted by Crippen LogP contribution is -2.00. The highest BCUT2D eigenvalue weighted by Crippen LogP contribution is 2.37. The molecule has 8 heteroatoms. The van der Waals surface area contributed by atoms with Crippen molar-refractivity contribution in [3.63, 3.8) is 0 Å². The number of nitro groups is 2. The van der Waals surface area contributed by atoms with Crippen LogP contribution in [0.25, 0.3) is 11.1 Å². The lowest BCUT2D eigenvalue weighted by atomic mass is 9.95. The molecule has 114 valence electrons. The van der Waals surface area contributed by atoms with E-state index in [1.807, 2.05) is 0 Å². The van der Waals surface area contributed by atoms with Crippen molar-refractivity contribution in [3.8, 4) is 11.1 Å². The number of hydrogen-bond donors (Lipinski definition) is 0. The Balaban J connectivity index is 2.77. The first-order chi connectivity index (χ1) is 10.5. The van der Waals surface area contributed by atoms with Crippen LogP contribution in [0, 0.1) is 20.2 Å². The second kappa shape index (κ2) is 6.97. The van der Waals surface area contributed by atoms with E-state index in [1.54, 1.807) is 24.3 Å². The summed E-state index contributed by atoms with van der Waals surface area (Å²) in [5.74, 6) is 0. The van der Waals surface area contributed by atoms with Gasteiger partial charge in [-0.25, -0.2) is 0 Å². The fraction of sp³-hybridized carbons (Fsp3) is 0.143. The monoisotopic (exact) mass is 428 g/mol. The minimum absolute atomic E-state index is 0.0126. The molecule has 2 aromatic rings. The predicted octanol–water partition coefficient (Wildman–Crippen LogP) is 4.96. The topological polar surface area (TPSA) is 86.3 Å². The average Bonchev–Trinajstić information content (AvgIpc) is 2.52. The van der Waals surface area contributed by atoms with Crippen LogP contribution in [0.5, 0.6) is 0 Å². The SMILES string of the molecule is O=[N+]([O-])c1cccc(-c2cccc([N+](=O)[O-])c2CBr)c1CBr. The smallest absolute Gasteiger partial charge is 0.258 e. The van der Waals surface area contributed by atoms with Gasteiger partial charge in [-0.15, -0.1) is 0 Å². The molecule has 2 aromatic carbocycles. The molecule has 0 heterocycles. The van der Waals surface area contributed by atoms with Gasteiger partial charge in [-0.05, 0) is 11.1 Å². The van der Waals surface area contributed by atoms with E-state index in [4.69, 9.17) is 0 Å². The maximum Gasteiger partial charge on any atom is 0.274 e. The highest BCUT2D eigenvalue weighted by atomic mass is 79.9. The van der Waals surface area contributed by atoms with Crippen LogP contribution in [0.15, 0.2) is 36.4 Å². The molecule has 0 aliphatic rings. The van der Waals surface area contributed by atoms with Crippen molar-refractivity contribution in [2.45, 2.75) is 10.7 Å². The Morgan fingerprint density at radius 2 is 1.14 bits per heavy atom. The molecule has 0 aliphatic heterocycles. The second-order valence-electron chi connectivity index (χ2n) is 4.39. The largest absolute Gasteiger partial charge is 0.274 e. The molecule has 0 saturated heterocycles. The van der Waals surface area contributed by atoms with E-state index in [1.165, 1.54) is 12.1 Å². The Labute approximate surface area is 142 Å². The van der Waals surface area contributed by atoms with Crippen LogP contribution >= 0.6 is 31.9 Å². The number of nitro benzene ring substituents is 2. The van der Waals surface area contributed by atoms with Crippen molar-refractivity contribution in [1.82, 2.24) is 0 Å². The van der Waals surface area contributed by atoms with Gasteiger partial charge >= 0.3 is 0 Å². The van der Waals surface area contributed by atoms with Crippen LogP contribution in [-0.4, -0.2) is 9.85 Å². The van der Waals surface area contributed by atoms with Crippen molar-refractivity contribution in [2.24, 2.45) is 0 Å². The maximum atomic E-state index is 11.2. The average molecular weight is 430 g/mol. The van der Waals surface area contributed by atoms with E-state index in [2.05, 4.69) is 31.9 Å². The van der Waals surface area contributed by atoms with E-state index in [0.29, 0.717) is 22.3 Å². The summed E-state index contributed by atoms with van der Waals surface area (Å²) < 4.78 is 0. The lowest BCUT2D eigenvalue weighted by molar-refractivity contribution is -0.385. The van der Waals surface area contributed by atoms with E-state index in [-0.39, 0.29) is 22.0 Å². The minimum atomic E-state index is -0.453. The summed E-state index contributed by atoms with van der Waals surface area (Å²) in [5.41, 5.74) is 2.20. The number of rotatable bonds is 5. The molecule has 0 saturated carbocycles. The van der Waals surface area contributed by atoms with Gasteiger partial charge in [-0.2, -0.15) is 0 Å². The van der Waals surface area contributed by atoms with Gasteiger partial charge in [0.2, 0.25) is 0 Å².